The largest absolute Gasteiger partial charge is 0.312 e. The van der Waals surface area contributed by atoms with E-state index in [4.69, 9.17) is 0 Å². The smallest absolute Gasteiger partial charge is 0.0198 e. The quantitative estimate of drug-likeness (QED) is 0.764. The summed E-state index contributed by atoms with van der Waals surface area (Å²) in [5.41, 5.74) is 0. The van der Waals surface area contributed by atoms with Gasteiger partial charge in [0, 0.05) is 25.2 Å². The second-order valence-electron chi connectivity index (χ2n) is 7.82. The van der Waals surface area contributed by atoms with Crippen molar-refractivity contribution in [3.8, 4) is 0 Å². The van der Waals surface area contributed by atoms with Gasteiger partial charge >= 0.3 is 0 Å². The molecule has 0 amide bonds. The highest BCUT2D eigenvalue weighted by atomic mass is 15.2. The first-order valence-electron chi connectivity index (χ1n) is 9.23. The Hall–Kier alpha value is -0.0800. The van der Waals surface area contributed by atoms with Crippen LogP contribution in [0, 0.1) is 17.8 Å². The minimum atomic E-state index is 0.767. The third kappa shape index (κ3) is 3.76. The number of hydrogen-bond donors (Lipinski definition) is 1. The lowest BCUT2D eigenvalue weighted by molar-refractivity contribution is 0.0492. The molecule has 20 heavy (non-hydrogen) atoms. The van der Waals surface area contributed by atoms with Crippen LogP contribution in [-0.4, -0.2) is 36.6 Å². The summed E-state index contributed by atoms with van der Waals surface area (Å²) < 4.78 is 0. The number of likely N-dealkylation sites (tertiary alicyclic amines) is 1. The van der Waals surface area contributed by atoms with Crippen molar-refractivity contribution in [3.63, 3.8) is 0 Å². The molecular formula is C18H34N2. The molecule has 1 heterocycles. The zero-order chi connectivity index (χ0) is 13.9. The predicted octanol–water partition coefficient (Wildman–Crippen LogP) is 3.67. The Balaban J connectivity index is 1.53. The molecule has 2 nitrogen and oxygen atoms in total. The summed E-state index contributed by atoms with van der Waals surface area (Å²) in [4.78, 5) is 2.83. The van der Waals surface area contributed by atoms with Gasteiger partial charge in [0.1, 0.15) is 0 Å². The van der Waals surface area contributed by atoms with Crippen molar-refractivity contribution < 1.29 is 0 Å². The van der Waals surface area contributed by atoms with Gasteiger partial charge in [0.25, 0.3) is 0 Å². The first-order chi connectivity index (χ1) is 9.76. The first kappa shape index (κ1) is 14.8. The van der Waals surface area contributed by atoms with Crippen LogP contribution in [0.5, 0.6) is 0 Å². The number of nitrogens with zero attached hydrogens (tertiary/aromatic N) is 1. The van der Waals surface area contributed by atoms with Gasteiger partial charge in [0.15, 0.2) is 0 Å². The summed E-state index contributed by atoms with van der Waals surface area (Å²) in [6.07, 6.45) is 11.6. The minimum Gasteiger partial charge on any atom is -0.312 e. The molecule has 0 radical (unpaired) electrons. The highest BCUT2D eigenvalue weighted by Gasteiger charge is 2.34. The summed E-state index contributed by atoms with van der Waals surface area (Å²) in [5, 5.41) is 3.89. The monoisotopic (exact) mass is 278 g/mol. The summed E-state index contributed by atoms with van der Waals surface area (Å²) in [6, 6.07) is 1.59. The second kappa shape index (κ2) is 6.79. The zero-order valence-electron chi connectivity index (χ0n) is 13.6. The van der Waals surface area contributed by atoms with Crippen molar-refractivity contribution in [2.24, 2.45) is 17.8 Å². The Labute approximate surface area is 125 Å². The van der Waals surface area contributed by atoms with Gasteiger partial charge in [0.05, 0.1) is 0 Å². The molecular weight excluding hydrogens is 244 g/mol. The molecule has 3 rings (SSSR count). The van der Waals surface area contributed by atoms with Crippen LogP contribution in [0.1, 0.15) is 65.2 Å². The van der Waals surface area contributed by atoms with Crippen LogP contribution in [-0.2, 0) is 0 Å². The number of nitrogens with one attached hydrogen (secondary N) is 1. The van der Waals surface area contributed by atoms with E-state index in [9.17, 15) is 0 Å². The molecule has 0 aromatic heterocycles. The lowest BCUT2D eigenvalue weighted by atomic mass is 9.78. The first-order valence-corrected chi connectivity index (χ1v) is 9.23. The Morgan fingerprint density at radius 1 is 1.10 bits per heavy atom. The van der Waals surface area contributed by atoms with Crippen LogP contribution in [0.4, 0.5) is 0 Å². The summed E-state index contributed by atoms with van der Waals surface area (Å²) in [5.74, 6) is 2.95. The molecule has 0 aromatic rings. The van der Waals surface area contributed by atoms with E-state index in [0.29, 0.717) is 0 Å². The van der Waals surface area contributed by atoms with Crippen molar-refractivity contribution in [1.29, 1.82) is 0 Å². The van der Waals surface area contributed by atoms with E-state index >= 15 is 0 Å². The van der Waals surface area contributed by atoms with Gasteiger partial charge in [-0.1, -0.05) is 19.8 Å². The van der Waals surface area contributed by atoms with E-state index in [0.717, 1.165) is 29.8 Å². The Morgan fingerprint density at radius 3 is 2.50 bits per heavy atom. The molecule has 1 N–H and O–H groups in total. The van der Waals surface area contributed by atoms with Crippen molar-refractivity contribution in [1.82, 2.24) is 10.2 Å². The van der Waals surface area contributed by atoms with Crippen molar-refractivity contribution >= 4 is 0 Å². The van der Waals surface area contributed by atoms with Gasteiger partial charge in [-0.2, -0.15) is 0 Å². The maximum absolute atomic E-state index is 3.89. The van der Waals surface area contributed by atoms with Crippen molar-refractivity contribution in [3.05, 3.63) is 0 Å². The lowest BCUT2D eigenvalue weighted by Gasteiger charge is -2.46. The van der Waals surface area contributed by atoms with E-state index in [-0.39, 0.29) is 0 Å². The second-order valence-corrected chi connectivity index (χ2v) is 7.82. The van der Waals surface area contributed by atoms with Crippen LogP contribution >= 0.6 is 0 Å². The lowest BCUT2D eigenvalue weighted by Crippen LogP contribution is -2.54. The van der Waals surface area contributed by atoms with Gasteiger partial charge < -0.3 is 5.32 Å². The van der Waals surface area contributed by atoms with E-state index in [1.807, 2.05) is 0 Å². The molecule has 3 aliphatic rings. The molecule has 0 bridgehead atoms. The molecule has 1 saturated heterocycles. The average Bonchev–Trinajstić information content (AvgIpc) is 3.18. The highest BCUT2D eigenvalue weighted by molar-refractivity contribution is 4.90. The van der Waals surface area contributed by atoms with E-state index in [2.05, 4.69) is 24.1 Å². The standard InChI is InChI=1S/C18H34N2/c1-3-5-16-10-18(19-11-15-8-9-15)13-20(12-16)14(2)17-6-4-7-17/h14-19H,3-13H2,1-2H3. The highest BCUT2D eigenvalue weighted by Crippen LogP contribution is 2.34. The predicted molar refractivity (Wildman–Crippen MR) is 85.9 cm³/mol. The molecule has 2 heteroatoms. The molecule has 3 fully saturated rings. The van der Waals surface area contributed by atoms with Gasteiger partial charge in [-0.15, -0.1) is 0 Å². The fourth-order valence-corrected chi connectivity index (χ4v) is 4.21. The molecule has 3 unspecified atom stereocenters. The fourth-order valence-electron chi connectivity index (χ4n) is 4.21. The molecule has 0 spiro atoms. The molecule has 1 aliphatic heterocycles. The van der Waals surface area contributed by atoms with Crippen LogP contribution in [0.2, 0.25) is 0 Å². The molecule has 3 atom stereocenters. The van der Waals surface area contributed by atoms with Crippen LogP contribution < -0.4 is 5.32 Å². The molecule has 2 saturated carbocycles. The van der Waals surface area contributed by atoms with E-state index in [1.54, 1.807) is 0 Å². The number of rotatable bonds is 7. The minimum absolute atomic E-state index is 0.767. The van der Waals surface area contributed by atoms with Gasteiger partial charge in [0.2, 0.25) is 0 Å². The zero-order valence-corrected chi connectivity index (χ0v) is 13.6. The SMILES string of the molecule is CCCC1CC(NCC2CC2)CN(C(C)C2CCC2)C1. The Kier molecular flexibility index (Phi) is 5.04. The van der Waals surface area contributed by atoms with Gasteiger partial charge in [-0.3, -0.25) is 4.90 Å². The summed E-state index contributed by atoms with van der Waals surface area (Å²) in [6.45, 7) is 8.81. The fraction of sp³-hybridized carbons (Fsp3) is 1.00. The Morgan fingerprint density at radius 2 is 1.90 bits per heavy atom. The molecule has 116 valence electrons. The van der Waals surface area contributed by atoms with Crippen LogP contribution in [0.15, 0.2) is 0 Å². The average molecular weight is 278 g/mol. The van der Waals surface area contributed by atoms with Gasteiger partial charge in [-0.25, -0.2) is 0 Å². The summed E-state index contributed by atoms with van der Waals surface area (Å²) in [7, 11) is 0. The van der Waals surface area contributed by atoms with Gasteiger partial charge in [-0.05, 0) is 69.7 Å². The van der Waals surface area contributed by atoms with E-state index in [1.165, 1.54) is 71.0 Å². The molecule has 0 aromatic carbocycles. The topological polar surface area (TPSA) is 15.3 Å². The maximum Gasteiger partial charge on any atom is 0.0198 e. The van der Waals surface area contributed by atoms with E-state index < -0.39 is 0 Å². The summed E-state index contributed by atoms with van der Waals surface area (Å²) >= 11 is 0. The number of hydrogen-bond acceptors (Lipinski definition) is 2. The van der Waals surface area contributed by atoms with Crippen LogP contribution in [0.3, 0.4) is 0 Å². The van der Waals surface area contributed by atoms with Crippen molar-refractivity contribution in [2.45, 2.75) is 77.3 Å². The third-order valence-corrected chi connectivity index (χ3v) is 6.06. The maximum atomic E-state index is 3.89. The van der Waals surface area contributed by atoms with Crippen molar-refractivity contribution in [2.75, 3.05) is 19.6 Å². The molecule has 2 aliphatic carbocycles. The number of piperidine rings is 1. The Bertz CT molecular complexity index is 296. The third-order valence-electron chi connectivity index (χ3n) is 6.06. The normalized spacial score (nSPS) is 33.9. The van der Waals surface area contributed by atoms with Crippen LogP contribution in [0.25, 0.3) is 0 Å².